The van der Waals surface area contributed by atoms with Crippen LogP contribution in [0.25, 0.3) is 0 Å². The predicted molar refractivity (Wildman–Crippen MR) is 74.5 cm³/mol. The van der Waals surface area contributed by atoms with E-state index in [1.54, 1.807) is 0 Å². The standard InChI is InChI=1S/C12H16ClN3O3/c1-8(2)15-12(17)5-6-14-10-7-9(13)3-4-11(10)16(18)19/h3-4,7-8,14H,5-6H2,1-2H3,(H,15,17). The highest BCUT2D eigenvalue weighted by atomic mass is 35.5. The maximum atomic E-state index is 11.4. The van der Waals surface area contributed by atoms with Gasteiger partial charge in [0.1, 0.15) is 5.69 Å². The Bertz CT molecular complexity index is 477. The van der Waals surface area contributed by atoms with E-state index in [-0.39, 0.29) is 24.1 Å². The molecule has 1 aromatic carbocycles. The Labute approximate surface area is 116 Å². The van der Waals surface area contributed by atoms with Crippen molar-refractivity contribution in [3.05, 3.63) is 33.3 Å². The van der Waals surface area contributed by atoms with Crippen LogP contribution in [0.4, 0.5) is 11.4 Å². The maximum absolute atomic E-state index is 11.4. The van der Waals surface area contributed by atoms with Crippen LogP contribution in [0.15, 0.2) is 18.2 Å². The monoisotopic (exact) mass is 285 g/mol. The fourth-order valence-corrected chi connectivity index (χ4v) is 1.69. The molecule has 0 saturated carbocycles. The van der Waals surface area contributed by atoms with E-state index < -0.39 is 4.92 Å². The number of benzene rings is 1. The van der Waals surface area contributed by atoms with Gasteiger partial charge in [0, 0.05) is 30.1 Å². The van der Waals surface area contributed by atoms with Crippen LogP contribution in [-0.2, 0) is 4.79 Å². The number of nitro benzene ring substituents is 1. The summed E-state index contributed by atoms with van der Waals surface area (Å²) in [6, 6.07) is 4.34. The van der Waals surface area contributed by atoms with Crippen LogP contribution in [0, 0.1) is 10.1 Å². The molecule has 0 aromatic heterocycles. The smallest absolute Gasteiger partial charge is 0.292 e. The minimum atomic E-state index is -0.493. The Morgan fingerprint density at radius 3 is 2.74 bits per heavy atom. The number of anilines is 1. The number of nitrogens with zero attached hydrogens (tertiary/aromatic N) is 1. The van der Waals surface area contributed by atoms with Crippen LogP contribution in [0.5, 0.6) is 0 Å². The van der Waals surface area contributed by atoms with Crippen LogP contribution in [0.1, 0.15) is 20.3 Å². The molecule has 1 aromatic rings. The molecule has 0 atom stereocenters. The van der Waals surface area contributed by atoms with Gasteiger partial charge in [0.15, 0.2) is 0 Å². The van der Waals surface area contributed by atoms with Crippen LogP contribution >= 0.6 is 11.6 Å². The van der Waals surface area contributed by atoms with Crippen LogP contribution in [-0.4, -0.2) is 23.4 Å². The van der Waals surface area contributed by atoms with E-state index in [1.165, 1.54) is 18.2 Å². The van der Waals surface area contributed by atoms with Gasteiger partial charge in [0.05, 0.1) is 4.92 Å². The van der Waals surface area contributed by atoms with E-state index >= 15 is 0 Å². The number of carbonyl (C=O) groups excluding carboxylic acids is 1. The number of carbonyl (C=O) groups is 1. The fourth-order valence-electron chi connectivity index (χ4n) is 1.51. The van der Waals surface area contributed by atoms with Crippen LogP contribution < -0.4 is 10.6 Å². The van der Waals surface area contributed by atoms with Crippen LogP contribution in [0.3, 0.4) is 0 Å². The first-order chi connectivity index (χ1) is 8.90. The number of amides is 1. The third kappa shape index (κ3) is 5.13. The molecule has 1 rings (SSSR count). The molecule has 19 heavy (non-hydrogen) atoms. The third-order valence-electron chi connectivity index (χ3n) is 2.27. The van der Waals surface area contributed by atoms with Crippen molar-refractivity contribution in [3.63, 3.8) is 0 Å². The Kier molecular flexibility index (Phi) is 5.57. The SMILES string of the molecule is CC(C)NC(=O)CCNc1cc(Cl)ccc1[N+](=O)[O-]. The number of nitrogens with one attached hydrogen (secondary N) is 2. The Balaban J connectivity index is 2.60. The summed E-state index contributed by atoms with van der Waals surface area (Å²) in [5.74, 6) is -0.104. The molecule has 6 nitrogen and oxygen atoms in total. The van der Waals surface area contributed by atoms with E-state index in [0.717, 1.165) is 0 Å². The fraction of sp³-hybridized carbons (Fsp3) is 0.417. The van der Waals surface area contributed by atoms with E-state index in [0.29, 0.717) is 17.3 Å². The second kappa shape index (κ2) is 6.94. The molecule has 0 saturated heterocycles. The van der Waals surface area contributed by atoms with Crippen molar-refractivity contribution < 1.29 is 9.72 Å². The zero-order chi connectivity index (χ0) is 14.4. The highest BCUT2D eigenvalue weighted by Gasteiger charge is 2.13. The highest BCUT2D eigenvalue weighted by Crippen LogP contribution is 2.27. The molecule has 0 aliphatic carbocycles. The molecule has 0 bridgehead atoms. The lowest BCUT2D eigenvalue weighted by atomic mass is 10.2. The van der Waals surface area contributed by atoms with Crippen molar-refractivity contribution in [2.24, 2.45) is 0 Å². The molecular formula is C12H16ClN3O3. The molecular weight excluding hydrogens is 270 g/mol. The van der Waals surface area contributed by atoms with Gasteiger partial charge in [-0.3, -0.25) is 14.9 Å². The molecule has 104 valence electrons. The molecule has 0 spiro atoms. The Morgan fingerprint density at radius 2 is 2.16 bits per heavy atom. The van der Waals surface area contributed by atoms with Gasteiger partial charge < -0.3 is 10.6 Å². The van der Waals surface area contributed by atoms with Gasteiger partial charge in [0.2, 0.25) is 5.91 Å². The minimum Gasteiger partial charge on any atom is -0.379 e. The van der Waals surface area contributed by atoms with Gasteiger partial charge in [-0.05, 0) is 26.0 Å². The van der Waals surface area contributed by atoms with Crippen molar-refractivity contribution in [3.8, 4) is 0 Å². The number of halogens is 1. The summed E-state index contributed by atoms with van der Waals surface area (Å²) in [4.78, 5) is 21.7. The first-order valence-corrected chi connectivity index (χ1v) is 6.25. The molecule has 2 N–H and O–H groups in total. The van der Waals surface area contributed by atoms with E-state index in [9.17, 15) is 14.9 Å². The maximum Gasteiger partial charge on any atom is 0.292 e. The van der Waals surface area contributed by atoms with Crippen molar-refractivity contribution in [1.29, 1.82) is 0 Å². The average molecular weight is 286 g/mol. The van der Waals surface area contributed by atoms with E-state index in [1.807, 2.05) is 13.8 Å². The van der Waals surface area contributed by atoms with Gasteiger partial charge in [-0.2, -0.15) is 0 Å². The molecule has 0 radical (unpaired) electrons. The highest BCUT2D eigenvalue weighted by molar-refractivity contribution is 6.31. The number of hydrogen-bond acceptors (Lipinski definition) is 4. The Hall–Kier alpha value is -1.82. The topological polar surface area (TPSA) is 84.3 Å². The summed E-state index contributed by atoms with van der Waals surface area (Å²) in [6.07, 6.45) is 0.238. The molecule has 0 unspecified atom stereocenters. The zero-order valence-corrected chi connectivity index (χ0v) is 11.5. The molecule has 7 heteroatoms. The summed E-state index contributed by atoms with van der Waals surface area (Å²) in [5.41, 5.74) is 0.253. The first kappa shape index (κ1) is 15.2. The van der Waals surface area contributed by atoms with Gasteiger partial charge in [0.25, 0.3) is 5.69 Å². The molecule has 0 fully saturated rings. The normalized spacial score (nSPS) is 10.3. The van der Waals surface area contributed by atoms with E-state index in [4.69, 9.17) is 11.6 Å². The second-order valence-corrected chi connectivity index (χ2v) is 4.75. The molecule has 0 aliphatic heterocycles. The second-order valence-electron chi connectivity index (χ2n) is 4.32. The van der Waals surface area contributed by atoms with Gasteiger partial charge in [-0.15, -0.1) is 0 Å². The zero-order valence-electron chi connectivity index (χ0n) is 10.8. The lowest BCUT2D eigenvalue weighted by Crippen LogP contribution is -2.31. The van der Waals surface area contributed by atoms with Crippen molar-refractivity contribution in [2.45, 2.75) is 26.3 Å². The number of rotatable bonds is 6. The Morgan fingerprint density at radius 1 is 1.47 bits per heavy atom. The molecule has 0 heterocycles. The quantitative estimate of drug-likeness (QED) is 0.621. The van der Waals surface area contributed by atoms with Gasteiger partial charge in [-0.1, -0.05) is 11.6 Å². The largest absolute Gasteiger partial charge is 0.379 e. The predicted octanol–water partition coefficient (Wildman–Crippen LogP) is 2.57. The summed E-state index contributed by atoms with van der Waals surface area (Å²) in [5, 5.41) is 16.8. The van der Waals surface area contributed by atoms with E-state index in [2.05, 4.69) is 10.6 Å². The lowest BCUT2D eigenvalue weighted by molar-refractivity contribution is -0.384. The summed E-state index contributed by atoms with van der Waals surface area (Å²) >= 11 is 5.79. The van der Waals surface area contributed by atoms with Crippen molar-refractivity contribution in [1.82, 2.24) is 5.32 Å². The van der Waals surface area contributed by atoms with Gasteiger partial charge >= 0.3 is 0 Å². The average Bonchev–Trinajstić information content (AvgIpc) is 2.27. The van der Waals surface area contributed by atoms with Crippen LogP contribution in [0.2, 0.25) is 5.02 Å². The summed E-state index contributed by atoms with van der Waals surface area (Å²) in [7, 11) is 0. The number of hydrogen-bond donors (Lipinski definition) is 2. The summed E-state index contributed by atoms with van der Waals surface area (Å²) < 4.78 is 0. The minimum absolute atomic E-state index is 0.0614. The van der Waals surface area contributed by atoms with Crippen molar-refractivity contribution in [2.75, 3.05) is 11.9 Å². The lowest BCUT2D eigenvalue weighted by Gasteiger charge is -2.10. The molecule has 0 aliphatic rings. The molecule has 1 amide bonds. The number of nitro groups is 1. The van der Waals surface area contributed by atoms with Gasteiger partial charge in [-0.25, -0.2) is 0 Å². The first-order valence-electron chi connectivity index (χ1n) is 5.87. The summed E-state index contributed by atoms with van der Waals surface area (Å²) in [6.45, 7) is 4.04. The van der Waals surface area contributed by atoms with Crippen molar-refractivity contribution >= 4 is 28.9 Å². The third-order valence-corrected chi connectivity index (χ3v) is 2.51.